The zero-order chi connectivity index (χ0) is 16.2. The normalized spacial score (nSPS) is 19.0. The molecule has 3 rings (SSSR count). The SMILES string of the molecule is CCNc1nc(C(=O)N2CCCC2CC(O)c2ccco2)cs1. The van der Waals surface area contributed by atoms with Crippen molar-refractivity contribution in [2.45, 2.75) is 38.3 Å². The molecule has 0 aromatic carbocycles. The number of amides is 1. The first-order chi connectivity index (χ1) is 11.2. The molecule has 124 valence electrons. The van der Waals surface area contributed by atoms with Crippen LogP contribution in [0.2, 0.25) is 0 Å². The number of anilines is 1. The molecule has 2 aromatic rings. The summed E-state index contributed by atoms with van der Waals surface area (Å²) in [5, 5.41) is 15.9. The summed E-state index contributed by atoms with van der Waals surface area (Å²) in [6.45, 7) is 3.49. The number of hydrogen-bond donors (Lipinski definition) is 2. The Kier molecular flexibility index (Phi) is 4.97. The van der Waals surface area contributed by atoms with E-state index in [0.717, 1.165) is 24.5 Å². The smallest absolute Gasteiger partial charge is 0.273 e. The van der Waals surface area contributed by atoms with Gasteiger partial charge in [-0.15, -0.1) is 11.3 Å². The Morgan fingerprint density at radius 2 is 2.52 bits per heavy atom. The highest BCUT2D eigenvalue weighted by Crippen LogP contribution is 2.29. The second-order valence-corrected chi connectivity index (χ2v) is 6.49. The Morgan fingerprint density at radius 3 is 3.26 bits per heavy atom. The minimum Gasteiger partial charge on any atom is -0.467 e. The van der Waals surface area contributed by atoms with E-state index in [-0.39, 0.29) is 11.9 Å². The van der Waals surface area contributed by atoms with Crippen LogP contribution in [-0.4, -0.2) is 40.0 Å². The lowest BCUT2D eigenvalue weighted by atomic mass is 10.0. The fraction of sp³-hybridized carbons (Fsp3) is 0.500. The van der Waals surface area contributed by atoms with E-state index >= 15 is 0 Å². The predicted molar refractivity (Wildman–Crippen MR) is 88.6 cm³/mol. The van der Waals surface area contributed by atoms with Gasteiger partial charge in [-0.25, -0.2) is 4.98 Å². The molecule has 1 aliphatic heterocycles. The molecule has 0 saturated carbocycles. The molecule has 23 heavy (non-hydrogen) atoms. The zero-order valence-corrected chi connectivity index (χ0v) is 13.9. The van der Waals surface area contributed by atoms with Crippen molar-refractivity contribution in [1.29, 1.82) is 0 Å². The van der Waals surface area contributed by atoms with Gasteiger partial charge in [-0.3, -0.25) is 4.79 Å². The maximum atomic E-state index is 12.7. The number of aromatic nitrogens is 1. The minimum atomic E-state index is -0.684. The van der Waals surface area contributed by atoms with E-state index in [9.17, 15) is 9.90 Å². The Labute approximate surface area is 139 Å². The van der Waals surface area contributed by atoms with Gasteiger partial charge in [0.05, 0.1) is 6.26 Å². The summed E-state index contributed by atoms with van der Waals surface area (Å²) >= 11 is 1.44. The van der Waals surface area contributed by atoms with Gasteiger partial charge in [-0.05, 0) is 31.9 Å². The van der Waals surface area contributed by atoms with Crippen molar-refractivity contribution in [2.24, 2.45) is 0 Å². The second kappa shape index (κ2) is 7.14. The Balaban J connectivity index is 1.66. The van der Waals surface area contributed by atoms with Crippen LogP contribution in [0.4, 0.5) is 5.13 Å². The van der Waals surface area contributed by atoms with Crippen LogP contribution in [0.1, 0.15) is 48.5 Å². The zero-order valence-electron chi connectivity index (χ0n) is 13.1. The first kappa shape index (κ1) is 16.0. The average Bonchev–Trinajstić information content (AvgIpc) is 3.28. The monoisotopic (exact) mass is 335 g/mol. The molecule has 1 amide bonds. The molecule has 1 fully saturated rings. The molecule has 6 nitrogen and oxygen atoms in total. The van der Waals surface area contributed by atoms with Gasteiger partial charge < -0.3 is 19.7 Å². The van der Waals surface area contributed by atoms with Gasteiger partial charge in [0.2, 0.25) is 0 Å². The first-order valence-corrected chi connectivity index (χ1v) is 8.78. The molecule has 2 aromatic heterocycles. The van der Waals surface area contributed by atoms with Crippen LogP contribution in [0, 0.1) is 0 Å². The molecule has 1 aliphatic rings. The van der Waals surface area contributed by atoms with E-state index in [4.69, 9.17) is 4.42 Å². The summed E-state index contributed by atoms with van der Waals surface area (Å²) in [4.78, 5) is 18.9. The van der Waals surface area contributed by atoms with E-state index in [1.165, 1.54) is 11.3 Å². The molecule has 0 aliphatic carbocycles. The number of hydrogen-bond acceptors (Lipinski definition) is 6. The largest absolute Gasteiger partial charge is 0.467 e. The number of likely N-dealkylation sites (tertiary alicyclic amines) is 1. The molecule has 2 unspecified atom stereocenters. The van der Waals surface area contributed by atoms with E-state index in [1.807, 2.05) is 11.8 Å². The van der Waals surface area contributed by atoms with Crippen LogP contribution in [0.5, 0.6) is 0 Å². The number of thiazole rings is 1. The van der Waals surface area contributed by atoms with Crippen LogP contribution in [-0.2, 0) is 0 Å². The van der Waals surface area contributed by atoms with Gasteiger partial charge >= 0.3 is 0 Å². The summed E-state index contributed by atoms with van der Waals surface area (Å²) in [5.41, 5.74) is 0.477. The van der Waals surface area contributed by atoms with Crippen LogP contribution < -0.4 is 5.32 Å². The summed E-state index contributed by atoms with van der Waals surface area (Å²) in [7, 11) is 0. The van der Waals surface area contributed by atoms with Crippen molar-refractivity contribution >= 4 is 22.4 Å². The number of carbonyl (C=O) groups is 1. The molecule has 1 saturated heterocycles. The van der Waals surface area contributed by atoms with Gasteiger partial charge in [0.1, 0.15) is 17.6 Å². The van der Waals surface area contributed by atoms with Gasteiger partial charge in [0.25, 0.3) is 5.91 Å². The standard InChI is InChI=1S/C16H21N3O3S/c1-2-17-16-18-12(10-23-16)15(21)19-7-3-5-11(19)9-13(20)14-6-4-8-22-14/h4,6,8,10-11,13,20H,2-3,5,7,9H2,1H3,(H,17,18). The fourth-order valence-corrected chi connectivity index (χ4v) is 3.71. The third-order valence-electron chi connectivity index (χ3n) is 4.06. The molecule has 0 radical (unpaired) electrons. The summed E-state index contributed by atoms with van der Waals surface area (Å²) in [6.07, 6.45) is 3.20. The van der Waals surface area contributed by atoms with Crippen LogP contribution in [0.3, 0.4) is 0 Å². The quantitative estimate of drug-likeness (QED) is 0.848. The first-order valence-electron chi connectivity index (χ1n) is 7.91. The van der Waals surface area contributed by atoms with Gasteiger partial charge in [-0.1, -0.05) is 0 Å². The van der Waals surface area contributed by atoms with Gasteiger partial charge in [0, 0.05) is 30.9 Å². The summed E-state index contributed by atoms with van der Waals surface area (Å²) < 4.78 is 5.24. The number of rotatable bonds is 6. The maximum absolute atomic E-state index is 12.7. The van der Waals surface area contributed by atoms with Crippen molar-refractivity contribution in [2.75, 3.05) is 18.4 Å². The highest BCUT2D eigenvalue weighted by atomic mass is 32.1. The number of nitrogens with zero attached hydrogens (tertiary/aromatic N) is 2. The molecule has 0 bridgehead atoms. The molecular formula is C16H21N3O3S. The van der Waals surface area contributed by atoms with Crippen molar-refractivity contribution in [1.82, 2.24) is 9.88 Å². The molecule has 2 N–H and O–H groups in total. The number of aliphatic hydroxyl groups excluding tert-OH is 1. The molecule has 0 spiro atoms. The molecular weight excluding hydrogens is 314 g/mol. The predicted octanol–water partition coefficient (Wildman–Crippen LogP) is 2.90. The summed E-state index contributed by atoms with van der Waals surface area (Å²) in [5.74, 6) is 0.493. The highest BCUT2D eigenvalue weighted by molar-refractivity contribution is 7.13. The molecule has 2 atom stereocenters. The van der Waals surface area contributed by atoms with Crippen molar-refractivity contribution < 1.29 is 14.3 Å². The second-order valence-electron chi connectivity index (χ2n) is 5.63. The minimum absolute atomic E-state index is 0.0203. The third kappa shape index (κ3) is 3.56. The fourth-order valence-electron chi connectivity index (χ4n) is 2.95. The van der Waals surface area contributed by atoms with E-state index in [0.29, 0.717) is 24.4 Å². The van der Waals surface area contributed by atoms with Crippen molar-refractivity contribution in [3.63, 3.8) is 0 Å². The van der Waals surface area contributed by atoms with Crippen LogP contribution in [0.15, 0.2) is 28.2 Å². The lowest BCUT2D eigenvalue weighted by molar-refractivity contribution is 0.0637. The molecule has 7 heteroatoms. The third-order valence-corrected chi connectivity index (χ3v) is 4.86. The number of aliphatic hydroxyl groups is 1. The van der Waals surface area contributed by atoms with Gasteiger partial charge in [0.15, 0.2) is 5.13 Å². The number of furan rings is 1. The molecule has 3 heterocycles. The van der Waals surface area contributed by atoms with Gasteiger partial charge in [-0.2, -0.15) is 0 Å². The Morgan fingerprint density at radius 1 is 1.65 bits per heavy atom. The van der Waals surface area contributed by atoms with Crippen molar-refractivity contribution in [3.8, 4) is 0 Å². The highest BCUT2D eigenvalue weighted by Gasteiger charge is 2.32. The Hall–Kier alpha value is -1.86. The average molecular weight is 335 g/mol. The lowest BCUT2D eigenvalue weighted by Crippen LogP contribution is -2.36. The van der Waals surface area contributed by atoms with E-state index < -0.39 is 6.10 Å². The van der Waals surface area contributed by atoms with Crippen LogP contribution >= 0.6 is 11.3 Å². The maximum Gasteiger partial charge on any atom is 0.273 e. The topological polar surface area (TPSA) is 78.6 Å². The van der Waals surface area contributed by atoms with E-state index in [2.05, 4.69) is 10.3 Å². The lowest BCUT2D eigenvalue weighted by Gasteiger charge is -2.25. The van der Waals surface area contributed by atoms with Crippen molar-refractivity contribution in [3.05, 3.63) is 35.2 Å². The number of carbonyl (C=O) groups excluding carboxylic acids is 1. The van der Waals surface area contributed by atoms with Crippen LogP contribution in [0.25, 0.3) is 0 Å². The van der Waals surface area contributed by atoms with E-state index in [1.54, 1.807) is 23.8 Å². The summed E-state index contributed by atoms with van der Waals surface area (Å²) in [6, 6.07) is 3.54. The Bertz CT molecular complexity index is 641. The number of nitrogens with one attached hydrogen (secondary N) is 1.